The van der Waals surface area contributed by atoms with Crippen LogP contribution in [0.4, 0.5) is 16.2 Å². The monoisotopic (exact) mass is 364 g/mol. The van der Waals surface area contributed by atoms with Crippen molar-refractivity contribution in [3.63, 3.8) is 0 Å². The Morgan fingerprint density at radius 3 is 2.85 bits per heavy atom. The topological polar surface area (TPSA) is 83.0 Å². The van der Waals surface area contributed by atoms with E-state index < -0.39 is 0 Å². The van der Waals surface area contributed by atoms with Gasteiger partial charge in [0.25, 0.3) is 6.47 Å². The molecule has 2 heterocycles. The zero-order chi connectivity index (χ0) is 18.8. The number of rotatable bonds is 5. The highest BCUT2D eigenvalue weighted by Gasteiger charge is 2.34. The van der Waals surface area contributed by atoms with Crippen LogP contribution in [-0.2, 0) is 16.1 Å². The number of amidine groups is 1. The van der Waals surface area contributed by atoms with E-state index in [1.807, 2.05) is 37.4 Å². The fourth-order valence-electron chi connectivity index (χ4n) is 3.48. The Labute approximate surface area is 157 Å². The summed E-state index contributed by atoms with van der Waals surface area (Å²) in [7, 11) is 1.89. The van der Waals surface area contributed by atoms with Gasteiger partial charge in [-0.05, 0) is 35.4 Å². The number of benzene rings is 2. The molecule has 4 rings (SSSR count). The molecular formula is C20H20N4O3. The van der Waals surface area contributed by atoms with E-state index in [4.69, 9.17) is 9.73 Å². The van der Waals surface area contributed by atoms with Crippen molar-refractivity contribution in [3.05, 3.63) is 59.2 Å². The third-order valence-corrected chi connectivity index (χ3v) is 4.92. The van der Waals surface area contributed by atoms with Gasteiger partial charge in [-0.25, -0.2) is 4.79 Å². The van der Waals surface area contributed by atoms with Crippen LogP contribution in [0.25, 0.3) is 0 Å². The number of carbonyl (C=O) groups is 2. The summed E-state index contributed by atoms with van der Waals surface area (Å²) in [5.74, 6) is 0.854. The number of carbonyl (C=O) groups excluding carboxylic acids is 2. The van der Waals surface area contributed by atoms with E-state index in [-0.39, 0.29) is 18.6 Å². The van der Waals surface area contributed by atoms with Gasteiger partial charge in [-0.3, -0.25) is 14.7 Å². The maximum absolute atomic E-state index is 12.6. The van der Waals surface area contributed by atoms with Crippen LogP contribution in [0.5, 0.6) is 0 Å². The highest BCUT2D eigenvalue weighted by molar-refractivity contribution is 6.18. The number of anilines is 2. The van der Waals surface area contributed by atoms with E-state index in [1.54, 1.807) is 4.90 Å². The van der Waals surface area contributed by atoms with Crippen molar-refractivity contribution in [2.24, 2.45) is 4.99 Å². The van der Waals surface area contributed by atoms with Gasteiger partial charge in [-0.2, -0.15) is 0 Å². The third-order valence-electron chi connectivity index (χ3n) is 4.92. The fraction of sp³-hybridized carbons (Fsp3) is 0.250. The van der Waals surface area contributed by atoms with E-state index in [0.29, 0.717) is 31.1 Å². The summed E-state index contributed by atoms with van der Waals surface area (Å²) in [5, 5.41) is 6.03. The number of ether oxygens (including phenoxy) is 1. The first-order valence-electron chi connectivity index (χ1n) is 8.79. The fourth-order valence-corrected chi connectivity index (χ4v) is 3.48. The summed E-state index contributed by atoms with van der Waals surface area (Å²) in [6.45, 7) is 1.80. The van der Waals surface area contributed by atoms with Crippen molar-refractivity contribution >= 4 is 29.7 Å². The largest absolute Gasteiger partial charge is 0.463 e. The summed E-state index contributed by atoms with van der Waals surface area (Å²) in [4.78, 5) is 29.4. The molecule has 2 N–H and O–H groups in total. The molecule has 2 aliphatic heterocycles. The molecule has 0 aliphatic carbocycles. The lowest BCUT2D eigenvalue weighted by atomic mass is 9.95. The Hall–Kier alpha value is -3.35. The first-order chi connectivity index (χ1) is 13.2. The lowest BCUT2D eigenvalue weighted by Crippen LogP contribution is -2.49. The van der Waals surface area contributed by atoms with Crippen LogP contribution in [0.2, 0.25) is 0 Å². The molecule has 0 spiro atoms. The number of hydrogen-bond acceptors (Lipinski definition) is 5. The first-order valence-corrected chi connectivity index (χ1v) is 8.79. The van der Waals surface area contributed by atoms with Crippen LogP contribution in [0, 0.1) is 0 Å². The second-order valence-corrected chi connectivity index (χ2v) is 6.56. The summed E-state index contributed by atoms with van der Waals surface area (Å²) >= 11 is 0. The second-order valence-electron chi connectivity index (χ2n) is 6.56. The highest BCUT2D eigenvalue weighted by atomic mass is 16.5. The van der Waals surface area contributed by atoms with Crippen molar-refractivity contribution in [1.82, 2.24) is 4.90 Å². The van der Waals surface area contributed by atoms with Gasteiger partial charge in [0.05, 0.1) is 5.69 Å². The molecule has 0 saturated heterocycles. The number of nitrogens with one attached hydrogen (secondary N) is 2. The number of amides is 2. The zero-order valence-corrected chi connectivity index (χ0v) is 14.9. The van der Waals surface area contributed by atoms with Gasteiger partial charge in [-0.1, -0.05) is 18.2 Å². The van der Waals surface area contributed by atoms with E-state index in [0.717, 1.165) is 22.4 Å². The smallest absolute Gasteiger partial charge is 0.327 e. The van der Waals surface area contributed by atoms with E-state index in [2.05, 4.69) is 22.8 Å². The van der Waals surface area contributed by atoms with Crippen LogP contribution >= 0.6 is 0 Å². The molecule has 27 heavy (non-hydrogen) atoms. The maximum atomic E-state index is 12.6. The Balaban J connectivity index is 1.60. The second kappa shape index (κ2) is 7.11. The molecule has 0 bridgehead atoms. The van der Waals surface area contributed by atoms with Gasteiger partial charge < -0.3 is 15.4 Å². The van der Waals surface area contributed by atoms with Gasteiger partial charge in [0, 0.05) is 37.3 Å². The average Bonchev–Trinajstić information content (AvgIpc) is 2.72. The molecule has 0 aromatic heterocycles. The van der Waals surface area contributed by atoms with Crippen molar-refractivity contribution in [2.45, 2.75) is 12.5 Å². The lowest BCUT2D eigenvalue weighted by Gasteiger charge is -2.36. The van der Waals surface area contributed by atoms with Gasteiger partial charge in [0.15, 0.2) is 0 Å². The molecule has 1 atom stereocenters. The molecule has 7 heteroatoms. The Kier molecular flexibility index (Phi) is 4.50. The molecule has 7 nitrogen and oxygen atoms in total. The first kappa shape index (κ1) is 17.1. The van der Waals surface area contributed by atoms with Gasteiger partial charge >= 0.3 is 6.03 Å². The Morgan fingerprint density at radius 1 is 1.30 bits per heavy atom. The van der Waals surface area contributed by atoms with E-state index in [9.17, 15) is 9.59 Å². The predicted molar refractivity (Wildman–Crippen MR) is 103 cm³/mol. The van der Waals surface area contributed by atoms with E-state index >= 15 is 0 Å². The van der Waals surface area contributed by atoms with Crippen molar-refractivity contribution < 1.29 is 14.3 Å². The van der Waals surface area contributed by atoms with Crippen LogP contribution in [0.3, 0.4) is 0 Å². The van der Waals surface area contributed by atoms with Crippen molar-refractivity contribution in [1.29, 1.82) is 0 Å². The van der Waals surface area contributed by atoms with E-state index in [1.165, 1.54) is 0 Å². The predicted octanol–water partition coefficient (Wildman–Crippen LogP) is 2.79. The Morgan fingerprint density at radius 2 is 2.11 bits per heavy atom. The minimum Gasteiger partial charge on any atom is -0.463 e. The number of hydrogen-bond donors (Lipinski definition) is 2. The molecule has 2 aromatic rings. The van der Waals surface area contributed by atoms with Crippen LogP contribution in [-0.4, -0.2) is 43.4 Å². The normalized spacial score (nSPS) is 18.0. The molecule has 2 aliphatic rings. The molecule has 2 aromatic carbocycles. The SMILES string of the molecule is CNc1ccc(C2CN=C3c4ccc(COC=O)cc4NC(=O)N3C2)cc1. The van der Waals surface area contributed by atoms with Crippen LogP contribution < -0.4 is 10.6 Å². The van der Waals surface area contributed by atoms with Crippen molar-refractivity contribution in [3.8, 4) is 0 Å². The van der Waals surface area contributed by atoms with Crippen molar-refractivity contribution in [2.75, 3.05) is 30.8 Å². The minimum absolute atomic E-state index is 0.159. The Bertz CT molecular complexity index is 908. The molecule has 0 saturated carbocycles. The molecular weight excluding hydrogens is 344 g/mol. The molecule has 2 amide bonds. The quantitative estimate of drug-likeness (QED) is 0.799. The molecule has 0 fully saturated rings. The lowest BCUT2D eigenvalue weighted by molar-refractivity contribution is -0.129. The van der Waals surface area contributed by atoms with Gasteiger partial charge in [0.2, 0.25) is 0 Å². The van der Waals surface area contributed by atoms with Crippen LogP contribution in [0.1, 0.15) is 22.6 Å². The summed E-state index contributed by atoms with van der Waals surface area (Å²) in [5.41, 5.74) is 4.61. The third kappa shape index (κ3) is 3.23. The molecule has 0 radical (unpaired) electrons. The summed E-state index contributed by atoms with van der Waals surface area (Å²) in [6.07, 6.45) is 0. The summed E-state index contributed by atoms with van der Waals surface area (Å²) in [6, 6.07) is 13.6. The summed E-state index contributed by atoms with van der Waals surface area (Å²) < 4.78 is 4.79. The number of fused-ring (bicyclic) bond motifs is 3. The average molecular weight is 364 g/mol. The van der Waals surface area contributed by atoms with Gasteiger partial charge in [-0.15, -0.1) is 0 Å². The zero-order valence-electron chi connectivity index (χ0n) is 14.9. The molecule has 138 valence electrons. The highest BCUT2D eigenvalue weighted by Crippen LogP contribution is 2.31. The number of nitrogens with zero attached hydrogens (tertiary/aromatic N) is 2. The van der Waals surface area contributed by atoms with Gasteiger partial charge in [0.1, 0.15) is 12.4 Å². The minimum atomic E-state index is -0.189. The number of urea groups is 1. The maximum Gasteiger partial charge on any atom is 0.327 e. The molecule has 1 unspecified atom stereocenters. The van der Waals surface area contributed by atoms with Crippen LogP contribution in [0.15, 0.2) is 47.5 Å². The number of aliphatic imine (C=N–C) groups is 1. The standard InChI is InChI=1S/C20H20N4O3/c1-21-16-5-3-14(4-6-16)15-9-22-19-17-7-2-13(11-27-12-25)8-18(17)23-20(26)24(19)10-15/h2-8,12,15,21H,9-11H2,1H3,(H,23,26).